The predicted octanol–water partition coefficient (Wildman–Crippen LogP) is 1.23. The number of nitrogens with zero attached hydrogens (tertiary/aromatic N) is 1. The average Bonchev–Trinajstić information content (AvgIpc) is 2.18. The van der Waals surface area contributed by atoms with Crippen molar-refractivity contribution in [3.05, 3.63) is 22.3 Å². The number of aromatic nitrogens is 1. The third-order valence-corrected chi connectivity index (χ3v) is 2.80. The number of carbonyl (C=O) groups is 1. The van der Waals surface area contributed by atoms with E-state index in [1.54, 1.807) is 6.20 Å². The van der Waals surface area contributed by atoms with Crippen molar-refractivity contribution in [2.24, 2.45) is 5.73 Å². The number of hydrogen-bond acceptors (Lipinski definition) is 3. The minimum absolute atomic E-state index is 0.470. The second kappa shape index (κ2) is 5.55. The van der Waals surface area contributed by atoms with Crippen LogP contribution in [-0.4, -0.2) is 24.1 Å². The fourth-order valence-electron chi connectivity index (χ4n) is 1.03. The Kier molecular flexibility index (Phi) is 4.36. The summed E-state index contributed by atoms with van der Waals surface area (Å²) in [5.74, 6) is 0.765. The third kappa shape index (κ3) is 3.75. The van der Waals surface area contributed by atoms with Crippen LogP contribution < -0.4 is 16.4 Å². The van der Waals surface area contributed by atoms with Gasteiger partial charge in [0.15, 0.2) is 0 Å². The number of amides is 2. The lowest BCUT2D eigenvalue weighted by molar-refractivity contribution is 0.249. The molecule has 1 aromatic rings. The van der Waals surface area contributed by atoms with Crippen LogP contribution in [0, 0.1) is 6.92 Å². The van der Waals surface area contributed by atoms with E-state index >= 15 is 0 Å². The first-order valence-electron chi connectivity index (χ1n) is 4.49. The maximum absolute atomic E-state index is 10.4. The van der Waals surface area contributed by atoms with Crippen molar-refractivity contribution in [3.8, 4) is 0 Å². The molecule has 0 saturated carbocycles. The first-order chi connectivity index (χ1) is 7.11. The van der Waals surface area contributed by atoms with Crippen molar-refractivity contribution in [1.82, 2.24) is 10.3 Å². The highest BCUT2D eigenvalue weighted by molar-refractivity contribution is 9.10. The molecule has 5 nitrogen and oxygen atoms in total. The monoisotopic (exact) mass is 272 g/mol. The maximum Gasteiger partial charge on any atom is 0.312 e. The van der Waals surface area contributed by atoms with Crippen molar-refractivity contribution >= 4 is 27.8 Å². The second-order valence-corrected chi connectivity index (χ2v) is 3.80. The molecule has 0 aliphatic heterocycles. The molecular weight excluding hydrogens is 260 g/mol. The summed E-state index contributed by atoms with van der Waals surface area (Å²) in [7, 11) is 0. The Morgan fingerprint density at radius 3 is 3.00 bits per heavy atom. The molecule has 0 unspecified atom stereocenters. The molecule has 6 heteroatoms. The molecule has 0 bridgehead atoms. The Labute approximate surface area is 96.6 Å². The van der Waals surface area contributed by atoms with Gasteiger partial charge in [-0.2, -0.15) is 0 Å². The van der Waals surface area contributed by atoms with E-state index in [2.05, 4.69) is 31.5 Å². The Bertz CT molecular complexity index is 356. The minimum atomic E-state index is -0.520. The predicted molar refractivity (Wildman–Crippen MR) is 62.7 cm³/mol. The van der Waals surface area contributed by atoms with Crippen molar-refractivity contribution in [1.29, 1.82) is 0 Å². The highest BCUT2D eigenvalue weighted by Gasteiger charge is 2.02. The molecule has 82 valence electrons. The number of nitrogens with one attached hydrogen (secondary N) is 2. The van der Waals surface area contributed by atoms with Gasteiger partial charge in [-0.25, -0.2) is 9.78 Å². The lowest BCUT2D eigenvalue weighted by Crippen LogP contribution is -2.33. The quantitative estimate of drug-likeness (QED) is 0.722. The van der Waals surface area contributed by atoms with Crippen molar-refractivity contribution in [3.63, 3.8) is 0 Å². The van der Waals surface area contributed by atoms with Crippen LogP contribution in [-0.2, 0) is 0 Å². The molecule has 1 rings (SSSR count). The Morgan fingerprint density at radius 1 is 1.60 bits per heavy atom. The Morgan fingerprint density at radius 2 is 2.33 bits per heavy atom. The van der Waals surface area contributed by atoms with Gasteiger partial charge in [0.25, 0.3) is 0 Å². The van der Waals surface area contributed by atoms with Gasteiger partial charge < -0.3 is 16.4 Å². The van der Waals surface area contributed by atoms with E-state index in [4.69, 9.17) is 5.73 Å². The molecular formula is C9H13BrN4O. The summed E-state index contributed by atoms with van der Waals surface area (Å²) in [6, 6.07) is 1.39. The number of anilines is 1. The fourth-order valence-corrected chi connectivity index (χ4v) is 1.40. The molecule has 0 spiro atoms. The van der Waals surface area contributed by atoms with Gasteiger partial charge in [0, 0.05) is 19.3 Å². The number of urea groups is 1. The lowest BCUT2D eigenvalue weighted by Gasteiger charge is -2.08. The van der Waals surface area contributed by atoms with Gasteiger partial charge in [-0.15, -0.1) is 0 Å². The number of nitrogens with two attached hydrogens (primary N) is 1. The maximum atomic E-state index is 10.4. The van der Waals surface area contributed by atoms with Crippen LogP contribution in [0.3, 0.4) is 0 Å². The van der Waals surface area contributed by atoms with Gasteiger partial charge in [-0.1, -0.05) is 0 Å². The van der Waals surface area contributed by atoms with Crippen LogP contribution in [0.4, 0.5) is 10.6 Å². The molecule has 0 radical (unpaired) electrons. The normalized spacial score (nSPS) is 9.73. The molecule has 0 aromatic carbocycles. The number of aryl methyl sites for hydroxylation is 1. The number of pyridine rings is 1. The summed E-state index contributed by atoms with van der Waals surface area (Å²) in [6.07, 6.45) is 1.73. The molecule has 0 aliphatic carbocycles. The summed E-state index contributed by atoms with van der Waals surface area (Å²) in [4.78, 5) is 14.5. The summed E-state index contributed by atoms with van der Waals surface area (Å²) < 4.78 is 0.934. The minimum Gasteiger partial charge on any atom is -0.367 e. The second-order valence-electron chi connectivity index (χ2n) is 3.01. The van der Waals surface area contributed by atoms with Gasteiger partial charge in [-0.3, -0.25) is 0 Å². The fraction of sp³-hybridized carbons (Fsp3) is 0.333. The van der Waals surface area contributed by atoms with E-state index < -0.39 is 6.03 Å². The SMILES string of the molecule is Cc1ccnc(NCCNC(N)=O)c1Br. The van der Waals surface area contributed by atoms with Crippen molar-refractivity contribution in [2.75, 3.05) is 18.4 Å². The van der Waals surface area contributed by atoms with Gasteiger partial charge in [0.1, 0.15) is 5.82 Å². The van der Waals surface area contributed by atoms with Gasteiger partial charge in [0.05, 0.1) is 4.47 Å². The van der Waals surface area contributed by atoms with Crippen molar-refractivity contribution in [2.45, 2.75) is 6.92 Å². The molecule has 4 N–H and O–H groups in total. The van der Waals surface area contributed by atoms with Crippen LogP contribution in [0.15, 0.2) is 16.7 Å². The van der Waals surface area contributed by atoms with Crippen molar-refractivity contribution < 1.29 is 4.79 Å². The van der Waals surface area contributed by atoms with Crippen LogP contribution in [0.1, 0.15) is 5.56 Å². The summed E-state index contributed by atoms with van der Waals surface area (Å²) in [5, 5.41) is 5.56. The largest absolute Gasteiger partial charge is 0.367 e. The number of primary amides is 1. The van der Waals surface area contributed by atoms with E-state index in [0.29, 0.717) is 13.1 Å². The smallest absolute Gasteiger partial charge is 0.312 e. The summed E-state index contributed by atoms with van der Waals surface area (Å²) in [6.45, 7) is 3.04. The Hall–Kier alpha value is -1.30. The van der Waals surface area contributed by atoms with Gasteiger partial charge >= 0.3 is 6.03 Å². The van der Waals surface area contributed by atoms with E-state index in [9.17, 15) is 4.79 Å². The number of rotatable bonds is 4. The van der Waals surface area contributed by atoms with Crippen LogP contribution in [0.2, 0.25) is 0 Å². The molecule has 0 aliphatic rings. The molecule has 0 saturated heterocycles. The molecule has 15 heavy (non-hydrogen) atoms. The lowest BCUT2D eigenvalue weighted by atomic mass is 10.3. The van der Waals surface area contributed by atoms with Gasteiger partial charge in [-0.05, 0) is 34.5 Å². The van der Waals surface area contributed by atoms with Crippen LogP contribution in [0.5, 0.6) is 0 Å². The Balaban J connectivity index is 2.44. The zero-order valence-corrected chi connectivity index (χ0v) is 9.97. The highest BCUT2D eigenvalue weighted by atomic mass is 79.9. The van der Waals surface area contributed by atoms with Gasteiger partial charge in [0.2, 0.25) is 0 Å². The average molecular weight is 273 g/mol. The molecule has 2 amide bonds. The summed E-state index contributed by atoms with van der Waals surface area (Å²) in [5.41, 5.74) is 6.03. The first-order valence-corrected chi connectivity index (χ1v) is 5.29. The van der Waals surface area contributed by atoms with E-state index in [-0.39, 0.29) is 0 Å². The highest BCUT2D eigenvalue weighted by Crippen LogP contribution is 2.22. The van der Waals surface area contributed by atoms with E-state index in [1.165, 1.54) is 0 Å². The van der Waals surface area contributed by atoms with Crippen LogP contribution in [0.25, 0.3) is 0 Å². The number of hydrogen-bond donors (Lipinski definition) is 3. The molecule has 1 aromatic heterocycles. The van der Waals surface area contributed by atoms with Crippen LogP contribution >= 0.6 is 15.9 Å². The number of carbonyl (C=O) groups excluding carboxylic acids is 1. The molecule has 0 atom stereocenters. The van der Waals surface area contributed by atoms with E-state index in [0.717, 1.165) is 15.9 Å². The van der Waals surface area contributed by atoms with E-state index in [1.807, 2.05) is 13.0 Å². The third-order valence-electron chi connectivity index (χ3n) is 1.80. The number of halogens is 1. The first kappa shape index (κ1) is 11.8. The molecule has 1 heterocycles. The zero-order chi connectivity index (χ0) is 11.3. The summed E-state index contributed by atoms with van der Waals surface area (Å²) >= 11 is 3.42. The molecule has 0 fully saturated rings. The topological polar surface area (TPSA) is 80.0 Å². The zero-order valence-electron chi connectivity index (χ0n) is 8.38. The standard InChI is InChI=1S/C9H13BrN4O/c1-6-2-3-12-8(7(6)10)13-4-5-14-9(11)15/h2-3H,4-5H2,1H3,(H,12,13)(H3,11,14,15).